The second-order valence-electron chi connectivity index (χ2n) is 7.31. The van der Waals surface area contributed by atoms with Crippen LogP contribution in [0.1, 0.15) is 68.7 Å². The Bertz CT molecular complexity index is 738. The highest BCUT2D eigenvalue weighted by Gasteiger charge is 2.28. The molecule has 1 aliphatic rings. The molecule has 27 heavy (non-hydrogen) atoms. The van der Waals surface area contributed by atoms with Crippen LogP contribution < -0.4 is 4.74 Å². The first kappa shape index (κ1) is 19.5. The van der Waals surface area contributed by atoms with Crippen molar-refractivity contribution in [3.8, 4) is 5.75 Å². The topological polar surface area (TPSA) is 29.5 Å². The van der Waals surface area contributed by atoms with Crippen molar-refractivity contribution in [2.75, 3.05) is 6.61 Å². The van der Waals surface area contributed by atoms with Gasteiger partial charge in [-0.2, -0.15) is 0 Å². The molecule has 1 aliphatic carbocycles. The number of unbranched alkanes of at least 4 members (excludes halogenated alkanes) is 1. The van der Waals surface area contributed by atoms with Crippen LogP contribution in [0, 0.1) is 0 Å². The fraction of sp³-hybridized carbons (Fsp3) is 0.458. The molecule has 0 saturated heterocycles. The van der Waals surface area contributed by atoms with Crippen LogP contribution in [0.25, 0.3) is 0 Å². The minimum atomic E-state index is 0.186. The molecule has 2 aromatic carbocycles. The minimum absolute atomic E-state index is 0.186. The Labute approximate surface area is 163 Å². The highest BCUT2D eigenvalue weighted by Crippen LogP contribution is 2.35. The van der Waals surface area contributed by atoms with Gasteiger partial charge in [-0.3, -0.25) is 4.79 Å². The van der Waals surface area contributed by atoms with E-state index in [4.69, 9.17) is 4.74 Å². The number of nitrogens with zero attached hydrogens (tertiary/aromatic N) is 1. The Hall–Kier alpha value is -2.29. The van der Waals surface area contributed by atoms with E-state index >= 15 is 0 Å². The Morgan fingerprint density at radius 2 is 1.89 bits per heavy atom. The Kier molecular flexibility index (Phi) is 6.92. The average Bonchev–Trinajstić information content (AvgIpc) is 2.71. The smallest absolute Gasteiger partial charge is 0.223 e. The number of fused-ring (bicyclic) bond motifs is 1. The molecule has 1 amide bonds. The Balaban J connectivity index is 1.84. The summed E-state index contributed by atoms with van der Waals surface area (Å²) in [4.78, 5) is 15.2. The van der Waals surface area contributed by atoms with Gasteiger partial charge in [0.25, 0.3) is 0 Å². The number of amides is 1. The lowest BCUT2D eigenvalue weighted by molar-refractivity contribution is -0.135. The molecule has 0 aromatic heterocycles. The zero-order valence-corrected chi connectivity index (χ0v) is 16.6. The second-order valence-corrected chi connectivity index (χ2v) is 7.31. The van der Waals surface area contributed by atoms with Crippen LogP contribution in [0.3, 0.4) is 0 Å². The molecule has 0 heterocycles. The van der Waals surface area contributed by atoms with Crippen LogP contribution in [0.15, 0.2) is 48.5 Å². The van der Waals surface area contributed by atoms with E-state index in [-0.39, 0.29) is 11.9 Å². The highest BCUT2D eigenvalue weighted by molar-refractivity contribution is 5.77. The van der Waals surface area contributed by atoms with Crippen LogP contribution in [-0.4, -0.2) is 17.4 Å². The number of rotatable bonds is 8. The summed E-state index contributed by atoms with van der Waals surface area (Å²) in [7, 11) is 0. The van der Waals surface area contributed by atoms with Crippen molar-refractivity contribution in [3.63, 3.8) is 0 Å². The fourth-order valence-corrected chi connectivity index (χ4v) is 3.95. The third-order valence-corrected chi connectivity index (χ3v) is 5.37. The van der Waals surface area contributed by atoms with E-state index in [9.17, 15) is 4.79 Å². The van der Waals surface area contributed by atoms with E-state index in [1.165, 1.54) is 11.1 Å². The number of aryl methyl sites for hydroxylation is 1. The van der Waals surface area contributed by atoms with E-state index in [0.29, 0.717) is 19.6 Å². The molecular formula is C24H31NO2. The van der Waals surface area contributed by atoms with E-state index in [0.717, 1.165) is 43.4 Å². The summed E-state index contributed by atoms with van der Waals surface area (Å²) < 4.78 is 5.55. The normalized spacial score (nSPS) is 15.9. The van der Waals surface area contributed by atoms with Gasteiger partial charge in [-0.25, -0.2) is 0 Å². The second kappa shape index (κ2) is 9.59. The summed E-state index contributed by atoms with van der Waals surface area (Å²) in [5, 5.41) is 0. The minimum Gasteiger partial charge on any atom is -0.494 e. The highest BCUT2D eigenvalue weighted by atomic mass is 16.5. The zero-order valence-electron chi connectivity index (χ0n) is 16.6. The molecule has 144 valence electrons. The number of carbonyl (C=O) groups excluding carboxylic acids is 1. The molecule has 0 bridgehead atoms. The van der Waals surface area contributed by atoms with E-state index < -0.39 is 0 Å². The van der Waals surface area contributed by atoms with Gasteiger partial charge in [0.1, 0.15) is 5.75 Å². The van der Waals surface area contributed by atoms with Crippen LogP contribution in [0.2, 0.25) is 0 Å². The lowest BCUT2D eigenvalue weighted by atomic mass is 9.86. The van der Waals surface area contributed by atoms with Gasteiger partial charge >= 0.3 is 0 Å². The average molecular weight is 366 g/mol. The van der Waals surface area contributed by atoms with Crippen LogP contribution in [-0.2, 0) is 17.8 Å². The summed E-state index contributed by atoms with van der Waals surface area (Å²) in [6.45, 7) is 5.45. The van der Waals surface area contributed by atoms with Gasteiger partial charge in [-0.1, -0.05) is 49.7 Å². The van der Waals surface area contributed by atoms with Gasteiger partial charge in [0, 0.05) is 13.0 Å². The molecule has 0 fully saturated rings. The monoisotopic (exact) mass is 365 g/mol. The van der Waals surface area contributed by atoms with Crippen LogP contribution in [0.4, 0.5) is 0 Å². The largest absolute Gasteiger partial charge is 0.494 e. The van der Waals surface area contributed by atoms with E-state index in [1.807, 2.05) is 19.1 Å². The van der Waals surface area contributed by atoms with Crippen molar-refractivity contribution in [2.45, 2.75) is 65.0 Å². The fourth-order valence-electron chi connectivity index (χ4n) is 3.95. The van der Waals surface area contributed by atoms with E-state index in [1.54, 1.807) is 0 Å². The first-order valence-electron chi connectivity index (χ1n) is 10.3. The van der Waals surface area contributed by atoms with Gasteiger partial charge < -0.3 is 9.64 Å². The molecule has 0 N–H and O–H groups in total. The van der Waals surface area contributed by atoms with Gasteiger partial charge in [-0.05, 0) is 61.4 Å². The van der Waals surface area contributed by atoms with Crippen molar-refractivity contribution < 1.29 is 9.53 Å². The van der Waals surface area contributed by atoms with Crippen molar-refractivity contribution in [3.05, 3.63) is 65.2 Å². The van der Waals surface area contributed by atoms with Crippen LogP contribution >= 0.6 is 0 Å². The molecule has 3 rings (SSSR count). The Morgan fingerprint density at radius 3 is 2.63 bits per heavy atom. The first-order valence-corrected chi connectivity index (χ1v) is 10.3. The standard InChI is InChI=1S/C24H31NO2/c1-3-5-13-24(26)25(18-19-14-16-21(17-15-19)27-4-2)23-12-8-10-20-9-6-7-11-22(20)23/h6-7,9,11,14-17,23H,3-5,8,10,12-13,18H2,1-2H3. The van der Waals surface area contributed by atoms with Crippen molar-refractivity contribution in [2.24, 2.45) is 0 Å². The number of hydrogen-bond donors (Lipinski definition) is 0. The van der Waals surface area contributed by atoms with Gasteiger partial charge in [-0.15, -0.1) is 0 Å². The maximum atomic E-state index is 13.1. The van der Waals surface area contributed by atoms with Gasteiger partial charge in [0.2, 0.25) is 5.91 Å². The van der Waals surface area contributed by atoms with Gasteiger partial charge in [0.05, 0.1) is 12.6 Å². The number of carbonyl (C=O) groups is 1. The molecule has 1 atom stereocenters. The molecule has 1 unspecified atom stereocenters. The molecule has 2 aromatic rings. The first-order chi connectivity index (χ1) is 13.2. The molecular weight excluding hydrogens is 334 g/mol. The summed E-state index contributed by atoms with van der Waals surface area (Å²) in [5.74, 6) is 1.15. The van der Waals surface area contributed by atoms with E-state index in [2.05, 4.69) is 48.2 Å². The molecule has 0 aliphatic heterocycles. The van der Waals surface area contributed by atoms with Crippen LogP contribution in [0.5, 0.6) is 5.75 Å². The predicted octanol–water partition coefficient (Wildman–Crippen LogP) is 5.68. The number of benzene rings is 2. The Morgan fingerprint density at radius 1 is 1.11 bits per heavy atom. The predicted molar refractivity (Wildman–Crippen MR) is 110 cm³/mol. The van der Waals surface area contributed by atoms with Crippen molar-refractivity contribution in [1.82, 2.24) is 4.90 Å². The summed E-state index contributed by atoms with van der Waals surface area (Å²) in [5.41, 5.74) is 3.89. The quantitative estimate of drug-likeness (QED) is 0.602. The molecule has 0 radical (unpaired) electrons. The summed E-state index contributed by atoms with van der Waals surface area (Å²) >= 11 is 0. The SMILES string of the molecule is CCCCC(=O)N(Cc1ccc(OCC)cc1)C1CCCc2ccccc21. The molecule has 3 nitrogen and oxygen atoms in total. The van der Waals surface area contributed by atoms with Crippen molar-refractivity contribution in [1.29, 1.82) is 0 Å². The lowest BCUT2D eigenvalue weighted by Gasteiger charge is -2.36. The zero-order chi connectivity index (χ0) is 19.1. The summed E-state index contributed by atoms with van der Waals surface area (Å²) in [6, 6.07) is 17.0. The third-order valence-electron chi connectivity index (χ3n) is 5.37. The summed E-state index contributed by atoms with van der Waals surface area (Å²) in [6.07, 6.45) is 5.93. The maximum absolute atomic E-state index is 13.1. The van der Waals surface area contributed by atoms with Crippen molar-refractivity contribution >= 4 is 5.91 Å². The maximum Gasteiger partial charge on any atom is 0.223 e. The van der Waals surface area contributed by atoms with Gasteiger partial charge in [0.15, 0.2) is 0 Å². The molecule has 3 heteroatoms. The number of ether oxygens (including phenoxy) is 1. The molecule has 0 spiro atoms. The third kappa shape index (κ3) is 4.91. The number of hydrogen-bond acceptors (Lipinski definition) is 2. The molecule has 0 saturated carbocycles. The lowest BCUT2D eigenvalue weighted by Crippen LogP contribution is -2.36.